The molecule has 0 aliphatic heterocycles. The number of amides is 1. The van der Waals surface area contributed by atoms with Crippen molar-refractivity contribution in [1.82, 2.24) is 29.2 Å². The van der Waals surface area contributed by atoms with E-state index in [2.05, 4.69) is 20.2 Å². The minimum atomic E-state index is -0.717. The number of halogens is 1. The Morgan fingerprint density at radius 1 is 1.08 bits per heavy atom. The van der Waals surface area contributed by atoms with Crippen molar-refractivity contribution in [3.63, 3.8) is 0 Å². The number of ether oxygens (including phenoxy) is 1. The van der Waals surface area contributed by atoms with Gasteiger partial charge in [0.05, 0.1) is 34.7 Å². The Balaban J connectivity index is 1.69. The van der Waals surface area contributed by atoms with Gasteiger partial charge in [-0.05, 0) is 49.4 Å². The Morgan fingerprint density at radius 3 is 2.50 bits per heavy atom. The standard InChI is InChI=1S/C23H21ClN10O4/c1-2-32-22(36)33(13-17-4-3-15(24)11-28-17)21(34(26)23(32)37)29-16-5-7-18(8-6-16)38-19-9-14(10-27-12-19)20(35)30-31-25/h3-12H,2,13,26H2,1H3,(H2,25,30,35). The summed E-state index contributed by atoms with van der Waals surface area (Å²) < 4.78 is 8.78. The van der Waals surface area contributed by atoms with Gasteiger partial charge in [0, 0.05) is 18.9 Å². The first kappa shape index (κ1) is 26.0. The topological polar surface area (TPSA) is 188 Å². The van der Waals surface area contributed by atoms with Crippen LogP contribution in [0.5, 0.6) is 11.5 Å². The van der Waals surface area contributed by atoms with Crippen LogP contribution in [0.3, 0.4) is 0 Å². The van der Waals surface area contributed by atoms with Crippen molar-refractivity contribution >= 4 is 23.2 Å². The molecule has 4 rings (SSSR count). The van der Waals surface area contributed by atoms with Gasteiger partial charge in [0.25, 0.3) is 5.91 Å². The third kappa shape index (κ3) is 5.65. The van der Waals surface area contributed by atoms with Gasteiger partial charge in [-0.15, -0.1) is 0 Å². The summed E-state index contributed by atoms with van der Waals surface area (Å²) in [7, 11) is 0. The minimum absolute atomic E-state index is 0.00206. The van der Waals surface area contributed by atoms with Crippen LogP contribution in [0.1, 0.15) is 23.0 Å². The van der Waals surface area contributed by atoms with Gasteiger partial charge in [0.1, 0.15) is 11.5 Å². The molecule has 194 valence electrons. The molecule has 0 saturated carbocycles. The molecule has 0 bridgehead atoms. The second-order valence-electron chi connectivity index (χ2n) is 7.70. The van der Waals surface area contributed by atoms with Gasteiger partial charge in [-0.3, -0.25) is 19.3 Å². The SMILES string of the molecule is CCn1c(=O)n(N)c(=Nc2ccc(Oc3cncc(C(=O)NN=N)c3)cc2)n(Cc2ccc(Cl)cn2)c1=O. The Labute approximate surface area is 219 Å². The molecular weight excluding hydrogens is 516 g/mol. The molecule has 0 unspecified atom stereocenters. The highest BCUT2D eigenvalue weighted by molar-refractivity contribution is 6.30. The smallest absolute Gasteiger partial charge is 0.353 e. The van der Waals surface area contributed by atoms with Crippen LogP contribution in [0.4, 0.5) is 5.69 Å². The lowest BCUT2D eigenvalue weighted by Gasteiger charge is -2.13. The number of aromatic nitrogens is 5. The van der Waals surface area contributed by atoms with Crippen molar-refractivity contribution in [2.45, 2.75) is 20.0 Å². The van der Waals surface area contributed by atoms with Gasteiger partial charge in [-0.1, -0.05) is 16.8 Å². The maximum Gasteiger partial charge on any atom is 0.353 e. The summed E-state index contributed by atoms with van der Waals surface area (Å²) in [4.78, 5) is 50.2. The zero-order valence-corrected chi connectivity index (χ0v) is 20.7. The number of carbonyl (C=O) groups excluding carboxylic acids is 1. The number of carbonyl (C=O) groups is 1. The molecule has 15 heteroatoms. The summed E-state index contributed by atoms with van der Waals surface area (Å²) in [5.41, 5.74) is 8.39. The van der Waals surface area contributed by atoms with Gasteiger partial charge >= 0.3 is 11.4 Å². The third-order valence-electron chi connectivity index (χ3n) is 5.21. The van der Waals surface area contributed by atoms with Crippen molar-refractivity contribution in [3.05, 3.63) is 104 Å². The fourth-order valence-electron chi connectivity index (χ4n) is 3.40. The van der Waals surface area contributed by atoms with Crippen molar-refractivity contribution in [3.8, 4) is 11.5 Å². The average Bonchev–Trinajstić information content (AvgIpc) is 2.92. The van der Waals surface area contributed by atoms with Crippen molar-refractivity contribution in [1.29, 1.82) is 5.53 Å². The number of nitrogens with zero attached hydrogens (tertiary/aromatic N) is 7. The predicted octanol–water partition coefficient (Wildman–Crippen LogP) is 1.74. The summed E-state index contributed by atoms with van der Waals surface area (Å²) in [6, 6.07) is 11.1. The third-order valence-corrected chi connectivity index (χ3v) is 5.44. The highest BCUT2D eigenvalue weighted by atomic mass is 35.5. The first-order chi connectivity index (χ1) is 18.3. The molecule has 0 radical (unpaired) electrons. The molecule has 4 N–H and O–H groups in total. The van der Waals surface area contributed by atoms with E-state index in [0.717, 1.165) is 9.24 Å². The fraction of sp³-hybridized carbons (Fsp3) is 0.130. The number of hydrogen-bond acceptors (Lipinski definition) is 10. The summed E-state index contributed by atoms with van der Waals surface area (Å²) in [6.07, 6.45) is 4.17. The Kier molecular flexibility index (Phi) is 7.72. The number of pyridine rings is 2. The molecule has 3 heterocycles. The molecule has 3 aromatic heterocycles. The summed E-state index contributed by atoms with van der Waals surface area (Å²) >= 11 is 5.92. The van der Waals surface area contributed by atoms with Crippen LogP contribution in [-0.2, 0) is 13.1 Å². The van der Waals surface area contributed by atoms with Gasteiger partial charge in [0.2, 0.25) is 5.62 Å². The van der Waals surface area contributed by atoms with Gasteiger partial charge in [0.15, 0.2) is 0 Å². The summed E-state index contributed by atoms with van der Waals surface area (Å²) in [6.45, 7) is 1.77. The quantitative estimate of drug-likeness (QED) is 0.173. The normalized spacial score (nSPS) is 11.3. The summed E-state index contributed by atoms with van der Waals surface area (Å²) in [5, 5.41) is 3.28. The molecule has 0 saturated heterocycles. The van der Waals surface area contributed by atoms with Gasteiger partial charge in [-0.25, -0.2) is 24.6 Å². The zero-order valence-electron chi connectivity index (χ0n) is 19.9. The van der Waals surface area contributed by atoms with E-state index < -0.39 is 17.3 Å². The molecule has 14 nitrogen and oxygen atoms in total. The van der Waals surface area contributed by atoms with E-state index in [0.29, 0.717) is 22.2 Å². The zero-order chi connectivity index (χ0) is 27.2. The predicted molar refractivity (Wildman–Crippen MR) is 136 cm³/mol. The average molecular weight is 537 g/mol. The van der Waals surface area contributed by atoms with E-state index in [4.69, 9.17) is 27.7 Å². The number of hydrogen-bond donors (Lipinski definition) is 3. The van der Waals surface area contributed by atoms with Crippen LogP contribution in [0, 0.1) is 5.53 Å². The molecule has 4 aromatic rings. The molecule has 0 atom stereocenters. The van der Waals surface area contributed by atoms with Crippen molar-refractivity contribution < 1.29 is 9.53 Å². The maximum atomic E-state index is 13.1. The molecule has 38 heavy (non-hydrogen) atoms. The lowest BCUT2D eigenvalue weighted by atomic mass is 10.2. The molecular formula is C23H21ClN10O4. The van der Waals surface area contributed by atoms with Gasteiger partial charge in [-0.2, -0.15) is 10.2 Å². The van der Waals surface area contributed by atoms with E-state index in [1.54, 1.807) is 43.3 Å². The minimum Gasteiger partial charge on any atom is -0.456 e. The number of nitrogens with two attached hydrogens (primary N) is 1. The lowest BCUT2D eigenvalue weighted by Crippen LogP contribution is -2.57. The monoisotopic (exact) mass is 536 g/mol. The first-order valence-corrected chi connectivity index (χ1v) is 11.4. The largest absolute Gasteiger partial charge is 0.456 e. The molecule has 0 aliphatic rings. The van der Waals surface area contributed by atoms with Crippen LogP contribution < -0.4 is 33.0 Å². The van der Waals surface area contributed by atoms with Crippen molar-refractivity contribution in [2.24, 2.45) is 10.2 Å². The molecule has 1 amide bonds. The van der Waals surface area contributed by atoms with Gasteiger partial charge < -0.3 is 10.6 Å². The molecule has 1 aromatic carbocycles. The molecule has 0 aliphatic carbocycles. The Morgan fingerprint density at radius 2 is 1.84 bits per heavy atom. The van der Waals surface area contributed by atoms with E-state index in [9.17, 15) is 14.4 Å². The highest BCUT2D eigenvalue weighted by Crippen LogP contribution is 2.24. The summed E-state index contributed by atoms with van der Waals surface area (Å²) in [5.74, 6) is 6.13. The first-order valence-electron chi connectivity index (χ1n) is 11.1. The van der Waals surface area contributed by atoms with E-state index in [1.807, 2.05) is 5.43 Å². The Bertz CT molecular complexity index is 1680. The number of nitrogens with one attached hydrogen (secondary N) is 2. The van der Waals surface area contributed by atoms with E-state index >= 15 is 0 Å². The van der Waals surface area contributed by atoms with Crippen LogP contribution in [-0.4, -0.2) is 29.7 Å². The number of rotatable bonds is 8. The van der Waals surface area contributed by atoms with Crippen LogP contribution >= 0.6 is 11.6 Å². The van der Waals surface area contributed by atoms with E-state index in [1.165, 1.54) is 29.2 Å². The highest BCUT2D eigenvalue weighted by Gasteiger charge is 2.13. The second kappa shape index (κ2) is 11.3. The molecule has 0 fully saturated rings. The van der Waals surface area contributed by atoms with E-state index in [-0.39, 0.29) is 30.0 Å². The fourth-order valence-corrected chi connectivity index (χ4v) is 3.51. The van der Waals surface area contributed by atoms with Crippen molar-refractivity contribution in [2.75, 3.05) is 5.84 Å². The van der Waals surface area contributed by atoms with Crippen LogP contribution in [0.2, 0.25) is 5.02 Å². The second-order valence-corrected chi connectivity index (χ2v) is 8.14. The maximum absolute atomic E-state index is 13.1. The lowest BCUT2D eigenvalue weighted by molar-refractivity contribution is 0.0949. The van der Waals surface area contributed by atoms with Crippen LogP contribution in [0.15, 0.2) is 80.9 Å². The Hall–Kier alpha value is -5.11. The number of benzene rings is 1. The molecule has 0 spiro atoms. The number of nitrogen functional groups attached to an aromatic ring is 1. The van der Waals surface area contributed by atoms with Crippen LogP contribution in [0.25, 0.3) is 0 Å².